The predicted molar refractivity (Wildman–Crippen MR) is 94.9 cm³/mol. The molecule has 2 aromatic rings. The molecule has 1 aliphatic rings. The smallest absolute Gasteiger partial charge is 0.182 e. The maximum Gasteiger partial charge on any atom is 0.182 e. The molecule has 0 radical (unpaired) electrons. The van der Waals surface area contributed by atoms with Crippen LogP contribution in [0.5, 0.6) is 0 Å². The van der Waals surface area contributed by atoms with Crippen LogP contribution < -0.4 is 5.73 Å². The Labute approximate surface area is 151 Å². The monoisotopic (exact) mass is 383 g/mol. The number of methoxy groups -OCH3 is 1. The van der Waals surface area contributed by atoms with Crippen molar-refractivity contribution in [2.45, 2.75) is 16.1 Å². The topological polar surface area (TPSA) is 69.4 Å². The molecule has 0 aliphatic heterocycles. The summed E-state index contributed by atoms with van der Waals surface area (Å²) in [4.78, 5) is 0.195. The Morgan fingerprint density at radius 3 is 2.28 bits per heavy atom. The molecule has 134 valence electrons. The Morgan fingerprint density at radius 1 is 1.16 bits per heavy atom. The molecule has 0 heterocycles. The fourth-order valence-corrected chi connectivity index (χ4v) is 6.20. The van der Waals surface area contributed by atoms with Gasteiger partial charge in [-0.25, -0.2) is 12.8 Å². The van der Waals surface area contributed by atoms with Gasteiger partial charge in [0.25, 0.3) is 0 Å². The van der Waals surface area contributed by atoms with Gasteiger partial charge in [-0.3, -0.25) is 0 Å². The molecule has 0 unspecified atom stereocenters. The van der Waals surface area contributed by atoms with E-state index in [4.69, 9.17) is 22.1 Å². The summed E-state index contributed by atoms with van der Waals surface area (Å²) in [5, 5.41) is -0.261. The third kappa shape index (κ3) is 3.08. The number of hydrogen-bond acceptors (Lipinski definition) is 4. The van der Waals surface area contributed by atoms with Gasteiger partial charge in [-0.05, 0) is 42.0 Å². The van der Waals surface area contributed by atoms with E-state index in [1.54, 1.807) is 24.3 Å². The van der Waals surface area contributed by atoms with Crippen molar-refractivity contribution in [2.24, 2.45) is 11.1 Å². The zero-order chi connectivity index (χ0) is 18.2. The second-order valence-corrected chi connectivity index (χ2v) is 8.82. The molecule has 25 heavy (non-hydrogen) atoms. The lowest BCUT2D eigenvalue weighted by Crippen LogP contribution is -2.28. The van der Waals surface area contributed by atoms with Gasteiger partial charge in [0, 0.05) is 30.0 Å². The van der Waals surface area contributed by atoms with Gasteiger partial charge in [0.1, 0.15) is 5.82 Å². The van der Waals surface area contributed by atoms with E-state index in [-0.39, 0.29) is 29.8 Å². The average molecular weight is 384 g/mol. The molecule has 0 spiro atoms. The van der Waals surface area contributed by atoms with Crippen molar-refractivity contribution in [1.29, 1.82) is 0 Å². The van der Waals surface area contributed by atoms with Gasteiger partial charge in [0.15, 0.2) is 9.84 Å². The van der Waals surface area contributed by atoms with Crippen LogP contribution in [0.1, 0.15) is 11.5 Å². The van der Waals surface area contributed by atoms with Crippen molar-refractivity contribution in [2.75, 3.05) is 20.3 Å². The zero-order valence-electron chi connectivity index (χ0n) is 13.7. The molecule has 0 bridgehead atoms. The summed E-state index contributed by atoms with van der Waals surface area (Å²) in [7, 11) is -2.13. The fraction of sp³-hybridized carbons (Fsp3) is 0.333. The van der Waals surface area contributed by atoms with Crippen LogP contribution in [0.15, 0.2) is 53.4 Å². The quantitative estimate of drug-likeness (QED) is 0.832. The van der Waals surface area contributed by atoms with E-state index in [2.05, 4.69) is 0 Å². The fourth-order valence-electron chi connectivity index (χ4n) is 3.63. The Balaban J connectivity index is 2.05. The molecule has 0 saturated heterocycles. The first-order chi connectivity index (χ1) is 11.9. The highest BCUT2D eigenvalue weighted by atomic mass is 35.5. The van der Waals surface area contributed by atoms with Crippen LogP contribution >= 0.6 is 11.6 Å². The van der Waals surface area contributed by atoms with Gasteiger partial charge < -0.3 is 10.5 Å². The minimum atomic E-state index is -3.64. The Bertz CT molecular complexity index is 855. The summed E-state index contributed by atoms with van der Waals surface area (Å²) in [5.74, 6) is -0.717. The number of benzene rings is 2. The van der Waals surface area contributed by atoms with E-state index in [0.29, 0.717) is 5.02 Å². The summed E-state index contributed by atoms with van der Waals surface area (Å²) in [5.41, 5.74) is 5.97. The summed E-state index contributed by atoms with van der Waals surface area (Å²) >= 11 is 5.86. The van der Waals surface area contributed by atoms with Crippen LogP contribution in [0.4, 0.5) is 4.39 Å². The van der Waals surface area contributed by atoms with Gasteiger partial charge in [0.2, 0.25) is 0 Å². The molecular formula is C18H19ClFNO3S. The van der Waals surface area contributed by atoms with Crippen molar-refractivity contribution in [3.63, 3.8) is 0 Å². The highest BCUT2D eigenvalue weighted by Crippen LogP contribution is 2.63. The first kappa shape index (κ1) is 18.3. The Kier molecular flexibility index (Phi) is 4.90. The van der Waals surface area contributed by atoms with E-state index in [0.717, 1.165) is 5.56 Å². The number of rotatable bonds is 6. The van der Waals surface area contributed by atoms with Crippen molar-refractivity contribution in [1.82, 2.24) is 0 Å². The molecule has 1 aliphatic carbocycles. The van der Waals surface area contributed by atoms with Crippen LogP contribution in [-0.4, -0.2) is 33.9 Å². The first-order valence-electron chi connectivity index (χ1n) is 7.81. The minimum Gasteiger partial charge on any atom is -0.384 e. The molecule has 3 rings (SSSR count). The highest BCUT2D eigenvalue weighted by molar-refractivity contribution is 7.92. The molecule has 0 aromatic heterocycles. The molecule has 2 N–H and O–H groups in total. The van der Waals surface area contributed by atoms with Crippen molar-refractivity contribution in [3.05, 3.63) is 64.9 Å². The zero-order valence-corrected chi connectivity index (χ0v) is 15.2. The largest absolute Gasteiger partial charge is 0.384 e. The van der Waals surface area contributed by atoms with Crippen LogP contribution in [0.3, 0.4) is 0 Å². The minimum absolute atomic E-state index is 0.153. The summed E-state index contributed by atoms with van der Waals surface area (Å²) in [6.07, 6.45) is 0. The number of ether oxygens (including phenoxy) is 1. The van der Waals surface area contributed by atoms with E-state index in [1.807, 2.05) is 0 Å². The van der Waals surface area contributed by atoms with Crippen molar-refractivity contribution >= 4 is 21.4 Å². The van der Waals surface area contributed by atoms with Gasteiger partial charge in [0.05, 0.1) is 16.8 Å². The molecule has 1 fully saturated rings. The van der Waals surface area contributed by atoms with Crippen molar-refractivity contribution < 1.29 is 17.5 Å². The summed E-state index contributed by atoms with van der Waals surface area (Å²) in [6, 6.07) is 11.9. The second kappa shape index (κ2) is 6.68. The molecule has 1 saturated carbocycles. The van der Waals surface area contributed by atoms with Crippen LogP contribution in [0.2, 0.25) is 5.02 Å². The SMILES string of the molecule is COC[C@@]1(CN)[C@@H](c2ccc(F)cc2)[C@@H]1S(=O)(=O)c1ccc(Cl)cc1. The lowest BCUT2D eigenvalue weighted by molar-refractivity contribution is 0.142. The molecule has 7 heteroatoms. The van der Waals surface area contributed by atoms with Crippen LogP contribution in [0.25, 0.3) is 0 Å². The Morgan fingerprint density at radius 2 is 1.76 bits per heavy atom. The second-order valence-electron chi connectivity index (χ2n) is 6.32. The van der Waals surface area contributed by atoms with Gasteiger partial charge in [-0.15, -0.1) is 0 Å². The number of hydrogen-bond donors (Lipinski definition) is 1. The van der Waals surface area contributed by atoms with E-state index < -0.39 is 20.5 Å². The standard InChI is InChI=1S/C18H19ClFNO3S/c1-24-11-18(10-21)16(12-2-6-14(20)7-3-12)17(18)25(22,23)15-8-4-13(19)5-9-15/h2-9,16-17H,10-11,21H2,1H3/t16-,17-,18-/m0/s1. The maximum atomic E-state index is 13.2. The van der Waals surface area contributed by atoms with Crippen LogP contribution in [-0.2, 0) is 14.6 Å². The highest BCUT2D eigenvalue weighted by Gasteiger charge is 2.70. The number of halogens is 2. The lowest BCUT2D eigenvalue weighted by Gasteiger charge is -2.15. The molecule has 2 aromatic carbocycles. The van der Waals surface area contributed by atoms with E-state index in [1.165, 1.54) is 31.4 Å². The lowest BCUT2D eigenvalue weighted by atomic mass is 10.00. The average Bonchev–Trinajstić information content (AvgIpc) is 3.26. The van der Waals surface area contributed by atoms with Crippen LogP contribution in [0, 0.1) is 11.2 Å². The third-order valence-corrected chi connectivity index (χ3v) is 7.47. The summed E-state index contributed by atoms with van der Waals surface area (Å²) in [6.45, 7) is 0.364. The van der Waals surface area contributed by atoms with Gasteiger partial charge >= 0.3 is 0 Å². The maximum absolute atomic E-state index is 13.2. The normalized spacial score (nSPS) is 25.8. The first-order valence-corrected chi connectivity index (χ1v) is 9.73. The number of nitrogens with two attached hydrogens (primary N) is 1. The third-order valence-electron chi connectivity index (χ3n) is 4.88. The van der Waals surface area contributed by atoms with E-state index in [9.17, 15) is 12.8 Å². The number of sulfone groups is 1. The van der Waals surface area contributed by atoms with Crippen molar-refractivity contribution in [3.8, 4) is 0 Å². The predicted octanol–water partition coefficient (Wildman–Crippen LogP) is 3.01. The Hall–Kier alpha value is -1.47. The molecular weight excluding hydrogens is 365 g/mol. The van der Waals surface area contributed by atoms with Gasteiger partial charge in [-0.2, -0.15) is 0 Å². The molecule has 0 amide bonds. The molecule has 3 atom stereocenters. The summed E-state index contributed by atoms with van der Waals surface area (Å²) < 4.78 is 44.9. The van der Waals surface area contributed by atoms with Gasteiger partial charge in [-0.1, -0.05) is 23.7 Å². The van der Waals surface area contributed by atoms with E-state index >= 15 is 0 Å². The molecule has 4 nitrogen and oxygen atoms in total.